The van der Waals surface area contributed by atoms with E-state index >= 15 is 0 Å². The minimum Gasteiger partial charge on any atom is -0.506 e. The first-order chi connectivity index (χ1) is 15.3. The summed E-state index contributed by atoms with van der Waals surface area (Å²) in [5.74, 6) is -0.143. The predicted molar refractivity (Wildman–Crippen MR) is 111 cm³/mol. The van der Waals surface area contributed by atoms with E-state index in [1.165, 1.54) is 18.2 Å². The van der Waals surface area contributed by atoms with Gasteiger partial charge < -0.3 is 14.7 Å². The quantitative estimate of drug-likeness (QED) is 0.602. The smallest absolute Gasteiger partial charge is 0.435 e. The Kier molecular flexibility index (Phi) is 5.82. The number of para-hydroxylation sites is 2. The van der Waals surface area contributed by atoms with Gasteiger partial charge in [-0.25, -0.2) is 4.68 Å². The van der Waals surface area contributed by atoms with Crippen molar-refractivity contribution in [3.8, 4) is 17.2 Å². The highest BCUT2D eigenvalue weighted by Crippen LogP contribution is 2.36. The molecule has 1 amide bonds. The van der Waals surface area contributed by atoms with Crippen LogP contribution < -0.4 is 4.74 Å². The zero-order chi connectivity index (χ0) is 22.9. The Hall–Kier alpha value is -3.49. The Bertz CT molecular complexity index is 1110. The molecule has 6 nitrogen and oxygen atoms in total. The molecule has 0 aliphatic carbocycles. The number of amides is 1. The number of alkyl halides is 3. The van der Waals surface area contributed by atoms with E-state index in [0.717, 1.165) is 22.7 Å². The lowest BCUT2D eigenvalue weighted by molar-refractivity contribution is -0.141. The summed E-state index contributed by atoms with van der Waals surface area (Å²) in [7, 11) is 0. The van der Waals surface area contributed by atoms with Crippen LogP contribution in [0.5, 0.6) is 11.5 Å². The lowest BCUT2D eigenvalue weighted by atomic mass is 10.0. The summed E-state index contributed by atoms with van der Waals surface area (Å²) in [6, 6.07) is 13.6. The van der Waals surface area contributed by atoms with Crippen LogP contribution in [0.2, 0.25) is 0 Å². The fourth-order valence-electron chi connectivity index (χ4n) is 3.96. The molecule has 1 aromatic heterocycles. The highest BCUT2D eigenvalue weighted by atomic mass is 19.4. The number of hydrogen-bond donors (Lipinski definition) is 1. The molecule has 168 valence electrons. The number of phenols is 1. The summed E-state index contributed by atoms with van der Waals surface area (Å²) in [5, 5.41) is 13.8. The number of likely N-dealkylation sites (tertiary alicyclic amines) is 1. The number of ether oxygens (including phenoxy) is 1. The summed E-state index contributed by atoms with van der Waals surface area (Å²) in [6.07, 6.45) is -3.32. The molecule has 2 aromatic carbocycles. The number of hydrogen-bond acceptors (Lipinski definition) is 4. The number of aromatic hydroxyl groups is 1. The van der Waals surface area contributed by atoms with Gasteiger partial charge >= 0.3 is 6.18 Å². The van der Waals surface area contributed by atoms with Gasteiger partial charge in [-0.3, -0.25) is 4.79 Å². The van der Waals surface area contributed by atoms with Crippen LogP contribution in [0.25, 0.3) is 5.69 Å². The highest BCUT2D eigenvalue weighted by Gasteiger charge is 2.39. The minimum absolute atomic E-state index is 0.00293. The topological polar surface area (TPSA) is 67.6 Å². The van der Waals surface area contributed by atoms with Crippen molar-refractivity contribution in [2.45, 2.75) is 32.0 Å². The number of carbonyl (C=O) groups is 1. The lowest BCUT2D eigenvalue weighted by Gasteiger charge is -2.25. The Morgan fingerprint density at radius 1 is 1.19 bits per heavy atom. The van der Waals surface area contributed by atoms with Gasteiger partial charge in [0, 0.05) is 12.6 Å². The molecule has 0 radical (unpaired) electrons. The molecule has 3 aromatic rings. The van der Waals surface area contributed by atoms with E-state index in [4.69, 9.17) is 4.74 Å². The minimum atomic E-state index is -4.73. The molecule has 32 heavy (non-hydrogen) atoms. The van der Waals surface area contributed by atoms with Crippen LogP contribution >= 0.6 is 0 Å². The van der Waals surface area contributed by atoms with Gasteiger partial charge in [-0.1, -0.05) is 24.3 Å². The van der Waals surface area contributed by atoms with Crippen molar-refractivity contribution < 1.29 is 27.8 Å². The third kappa shape index (κ3) is 4.15. The van der Waals surface area contributed by atoms with Gasteiger partial charge in [0.25, 0.3) is 5.91 Å². The first kappa shape index (κ1) is 21.7. The second-order valence-corrected chi connectivity index (χ2v) is 7.47. The molecule has 1 N–H and O–H groups in total. The number of phenolic OH excluding ortho intramolecular Hbond substituents is 1. The normalized spacial score (nSPS) is 16.4. The van der Waals surface area contributed by atoms with Crippen LogP contribution in [0.15, 0.2) is 54.6 Å². The number of rotatable bonds is 5. The van der Waals surface area contributed by atoms with Crippen LogP contribution in [0.1, 0.15) is 47.6 Å². The van der Waals surface area contributed by atoms with Crippen LogP contribution in [0.4, 0.5) is 13.2 Å². The summed E-state index contributed by atoms with van der Waals surface area (Å²) < 4.78 is 46.5. The number of aromatic nitrogens is 2. The van der Waals surface area contributed by atoms with E-state index in [2.05, 4.69) is 5.10 Å². The third-order valence-electron chi connectivity index (χ3n) is 5.42. The van der Waals surface area contributed by atoms with E-state index in [1.807, 2.05) is 31.2 Å². The van der Waals surface area contributed by atoms with E-state index in [0.29, 0.717) is 25.3 Å². The number of nitrogens with zero attached hydrogens (tertiary/aromatic N) is 3. The number of halogens is 3. The monoisotopic (exact) mass is 445 g/mol. The Morgan fingerprint density at radius 2 is 1.91 bits per heavy atom. The van der Waals surface area contributed by atoms with Crippen LogP contribution in [-0.2, 0) is 6.18 Å². The van der Waals surface area contributed by atoms with Gasteiger partial charge in [-0.15, -0.1) is 0 Å². The van der Waals surface area contributed by atoms with Crippen molar-refractivity contribution in [3.05, 3.63) is 71.5 Å². The predicted octanol–water partition coefficient (Wildman–Crippen LogP) is 4.97. The Balaban J connectivity index is 1.71. The summed E-state index contributed by atoms with van der Waals surface area (Å²) >= 11 is 0. The molecule has 1 fully saturated rings. The van der Waals surface area contributed by atoms with Crippen LogP contribution in [-0.4, -0.2) is 38.8 Å². The largest absolute Gasteiger partial charge is 0.506 e. The maximum absolute atomic E-state index is 13.4. The SMILES string of the molecule is CCOc1ccc(C2CCCN2C(=O)c2cc(C(F)(F)F)nn2-c2ccccc2O)cc1. The fraction of sp³-hybridized carbons (Fsp3) is 0.304. The van der Waals surface area contributed by atoms with Crippen molar-refractivity contribution in [1.29, 1.82) is 0 Å². The van der Waals surface area contributed by atoms with Gasteiger partial charge in [0.15, 0.2) is 5.69 Å². The maximum Gasteiger partial charge on any atom is 0.435 e. The first-order valence-electron chi connectivity index (χ1n) is 10.3. The van der Waals surface area contributed by atoms with Crippen LogP contribution in [0, 0.1) is 0 Å². The second-order valence-electron chi connectivity index (χ2n) is 7.47. The summed E-state index contributed by atoms with van der Waals surface area (Å²) in [5.41, 5.74) is -0.565. The first-order valence-corrected chi connectivity index (χ1v) is 10.3. The van der Waals surface area contributed by atoms with Crippen molar-refractivity contribution >= 4 is 5.91 Å². The Labute approximate surface area is 182 Å². The van der Waals surface area contributed by atoms with Gasteiger partial charge in [0.2, 0.25) is 0 Å². The van der Waals surface area contributed by atoms with Crippen molar-refractivity contribution in [1.82, 2.24) is 14.7 Å². The second kappa shape index (κ2) is 8.57. The molecule has 1 aliphatic rings. The molecule has 1 saturated heterocycles. The third-order valence-corrected chi connectivity index (χ3v) is 5.42. The molecular formula is C23H22F3N3O3. The van der Waals surface area contributed by atoms with E-state index < -0.39 is 17.8 Å². The molecule has 1 atom stereocenters. The average Bonchev–Trinajstić information content (AvgIpc) is 3.42. The van der Waals surface area contributed by atoms with Crippen LogP contribution in [0.3, 0.4) is 0 Å². The van der Waals surface area contributed by atoms with Gasteiger partial charge in [0.1, 0.15) is 22.9 Å². The average molecular weight is 445 g/mol. The summed E-state index contributed by atoms with van der Waals surface area (Å²) in [4.78, 5) is 15.0. The Morgan fingerprint density at radius 3 is 2.56 bits per heavy atom. The molecule has 9 heteroatoms. The van der Waals surface area contributed by atoms with Gasteiger partial charge in [-0.05, 0) is 49.6 Å². The van der Waals surface area contributed by atoms with Crippen molar-refractivity contribution in [2.75, 3.05) is 13.2 Å². The standard InChI is InChI=1S/C23H22F3N3O3/c1-2-32-16-11-9-15(10-12-16)17-7-5-13-28(17)22(31)19-14-21(23(24,25)26)27-29(19)18-6-3-4-8-20(18)30/h3-4,6,8-12,14,17,30H,2,5,7,13H2,1H3. The molecule has 1 aliphatic heterocycles. The molecule has 0 bridgehead atoms. The van der Waals surface area contributed by atoms with Crippen molar-refractivity contribution in [3.63, 3.8) is 0 Å². The lowest BCUT2D eigenvalue weighted by Crippen LogP contribution is -2.32. The number of benzene rings is 2. The zero-order valence-electron chi connectivity index (χ0n) is 17.3. The molecule has 2 heterocycles. The summed E-state index contributed by atoms with van der Waals surface area (Å²) in [6.45, 7) is 2.82. The van der Waals surface area contributed by atoms with E-state index in [1.54, 1.807) is 11.0 Å². The molecule has 4 rings (SSSR count). The fourth-order valence-corrected chi connectivity index (χ4v) is 3.96. The van der Waals surface area contributed by atoms with E-state index in [9.17, 15) is 23.1 Å². The van der Waals surface area contributed by atoms with Gasteiger partial charge in [-0.2, -0.15) is 18.3 Å². The zero-order valence-corrected chi connectivity index (χ0v) is 17.3. The van der Waals surface area contributed by atoms with Gasteiger partial charge in [0.05, 0.1) is 12.6 Å². The molecule has 1 unspecified atom stereocenters. The van der Waals surface area contributed by atoms with Crippen molar-refractivity contribution in [2.24, 2.45) is 0 Å². The van der Waals surface area contributed by atoms with E-state index in [-0.39, 0.29) is 23.2 Å². The molecule has 0 spiro atoms. The molecular weight excluding hydrogens is 423 g/mol. The highest BCUT2D eigenvalue weighted by molar-refractivity contribution is 5.94. The number of carbonyl (C=O) groups excluding carboxylic acids is 1. The maximum atomic E-state index is 13.4. The molecule has 0 saturated carbocycles.